The summed E-state index contributed by atoms with van der Waals surface area (Å²) < 4.78 is 5.75. The number of fused-ring (bicyclic) bond motifs is 3. The first-order chi connectivity index (χ1) is 7.58. The lowest BCUT2D eigenvalue weighted by atomic mass is 10.1. The maximum absolute atomic E-state index is 6.06. The quantitative estimate of drug-likeness (QED) is 0.750. The molecule has 86 valence electrons. The van der Waals surface area contributed by atoms with E-state index in [0.717, 1.165) is 29.6 Å². The molecule has 1 saturated heterocycles. The molecule has 1 aromatic rings. The number of ether oxygens (including phenoxy) is 1. The molecule has 0 radical (unpaired) electrons. The molecule has 4 heteroatoms. The zero-order valence-corrected chi connectivity index (χ0v) is 10.2. The van der Waals surface area contributed by atoms with Crippen LogP contribution in [0, 0.1) is 0 Å². The van der Waals surface area contributed by atoms with Crippen molar-refractivity contribution in [1.29, 1.82) is 0 Å². The Morgan fingerprint density at radius 2 is 2.31 bits per heavy atom. The molecule has 3 rings (SSSR count). The van der Waals surface area contributed by atoms with Crippen molar-refractivity contribution in [1.82, 2.24) is 5.32 Å². The second kappa shape index (κ2) is 3.28. The molecule has 1 atom stereocenters. The van der Waals surface area contributed by atoms with Crippen LogP contribution < -0.4 is 15.0 Å². The fraction of sp³-hybridized carbons (Fsp3) is 0.500. The van der Waals surface area contributed by atoms with Crippen molar-refractivity contribution in [3.05, 3.63) is 23.2 Å². The van der Waals surface area contributed by atoms with Gasteiger partial charge in [-0.3, -0.25) is 5.32 Å². The zero-order valence-electron chi connectivity index (χ0n) is 9.46. The van der Waals surface area contributed by atoms with Crippen LogP contribution in [0.15, 0.2) is 18.2 Å². The van der Waals surface area contributed by atoms with E-state index in [9.17, 15) is 0 Å². The third-order valence-electron chi connectivity index (χ3n) is 3.35. The lowest BCUT2D eigenvalue weighted by molar-refractivity contribution is 0.268. The van der Waals surface area contributed by atoms with Crippen molar-refractivity contribution in [2.45, 2.75) is 25.6 Å². The molecule has 2 heterocycles. The molecule has 0 aromatic heterocycles. The largest absolute Gasteiger partial charge is 0.489 e. The van der Waals surface area contributed by atoms with Gasteiger partial charge in [0.1, 0.15) is 12.4 Å². The molecule has 1 aromatic carbocycles. The molecule has 3 nitrogen and oxygen atoms in total. The van der Waals surface area contributed by atoms with Gasteiger partial charge in [-0.05, 0) is 32.0 Å². The van der Waals surface area contributed by atoms with Gasteiger partial charge in [0.05, 0.1) is 17.4 Å². The van der Waals surface area contributed by atoms with Gasteiger partial charge in [0.25, 0.3) is 0 Å². The van der Waals surface area contributed by atoms with Crippen LogP contribution in [0.3, 0.4) is 0 Å². The Hall–Kier alpha value is -0.930. The highest BCUT2D eigenvalue weighted by atomic mass is 35.5. The van der Waals surface area contributed by atoms with E-state index in [-0.39, 0.29) is 5.66 Å². The van der Waals surface area contributed by atoms with E-state index >= 15 is 0 Å². The van der Waals surface area contributed by atoms with Crippen molar-refractivity contribution in [2.75, 3.05) is 18.1 Å². The van der Waals surface area contributed by atoms with Gasteiger partial charge in [-0.15, -0.1) is 0 Å². The summed E-state index contributed by atoms with van der Waals surface area (Å²) >= 11 is 6.06. The van der Waals surface area contributed by atoms with Gasteiger partial charge in [0.2, 0.25) is 0 Å². The van der Waals surface area contributed by atoms with Crippen molar-refractivity contribution < 1.29 is 4.74 Å². The summed E-state index contributed by atoms with van der Waals surface area (Å²) in [4.78, 5) is 2.37. The Bertz CT molecular complexity index is 433. The van der Waals surface area contributed by atoms with Crippen LogP contribution in [0.1, 0.15) is 13.8 Å². The van der Waals surface area contributed by atoms with E-state index in [1.165, 1.54) is 0 Å². The van der Waals surface area contributed by atoms with Gasteiger partial charge >= 0.3 is 0 Å². The summed E-state index contributed by atoms with van der Waals surface area (Å²) in [5.74, 6) is 0.928. The zero-order chi connectivity index (χ0) is 11.3. The number of hydrogen-bond donors (Lipinski definition) is 1. The normalized spacial score (nSPS) is 25.9. The van der Waals surface area contributed by atoms with Crippen molar-refractivity contribution in [3.8, 4) is 5.75 Å². The highest BCUT2D eigenvalue weighted by Gasteiger charge is 2.42. The van der Waals surface area contributed by atoms with E-state index in [4.69, 9.17) is 16.3 Å². The van der Waals surface area contributed by atoms with Gasteiger partial charge in [0.15, 0.2) is 0 Å². The molecule has 0 saturated carbocycles. The maximum Gasteiger partial charge on any atom is 0.142 e. The Labute approximate surface area is 100 Å². The topological polar surface area (TPSA) is 24.5 Å². The molecular weight excluding hydrogens is 224 g/mol. The van der Waals surface area contributed by atoms with Crippen LogP contribution in [0.25, 0.3) is 0 Å². The Balaban J connectivity index is 2.12. The number of halogens is 1. The number of anilines is 1. The van der Waals surface area contributed by atoms with Gasteiger partial charge in [-0.1, -0.05) is 11.6 Å². The molecule has 16 heavy (non-hydrogen) atoms. The summed E-state index contributed by atoms with van der Waals surface area (Å²) in [5.41, 5.74) is 1.06. The second-order valence-electron chi connectivity index (χ2n) is 4.89. The van der Waals surface area contributed by atoms with E-state index in [1.54, 1.807) is 0 Å². The standard InChI is InChI=1S/C12H15ClN2O/c1-12(2)14-6-9-7-16-11-4-3-8(13)5-10(11)15(9)12/h3-5,9,14H,6-7H2,1-2H3. The molecule has 1 fully saturated rings. The maximum atomic E-state index is 6.06. The molecule has 2 aliphatic heterocycles. The van der Waals surface area contributed by atoms with Crippen molar-refractivity contribution >= 4 is 17.3 Å². The first kappa shape index (κ1) is 10.2. The van der Waals surface area contributed by atoms with Gasteiger partial charge in [-0.25, -0.2) is 0 Å². The number of hydrogen-bond acceptors (Lipinski definition) is 3. The second-order valence-corrected chi connectivity index (χ2v) is 5.32. The van der Waals surface area contributed by atoms with E-state index < -0.39 is 0 Å². The monoisotopic (exact) mass is 238 g/mol. The van der Waals surface area contributed by atoms with Gasteiger partial charge < -0.3 is 9.64 Å². The van der Waals surface area contributed by atoms with Crippen LogP contribution >= 0.6 is 11.6 Å². The van der Waals surface area contributed by atoms with Crippen LogP contribution in [0.2, 0.25) is 5.02 Å². The molecular formula is C12H15ClN2O. The molecule has 1 N–H and O–H groups in total. The Kier molecular flexibility index (Phi) is 2.10. The number of benzene rings is 1. The third kappa shape index (κ3) is 1.39. The first-order valence-electron chi connectivity index (χ1n) is 5.55. The molecule has 1 unspecified atom stereocenters. The van der Waals surface area contributed by atoms with E-state index in [0.29, 0.717) is 6.04 Å². The summed E-state index contributed by atoms with van der Waals surface area (Å²) in [5, 5.41) is 4.26. The number of rotatable bonds is 0. The first-order valence-corrected chi connectivity index (χ1v) is 5.92. The van der Waals surface area contributed by atoms with E-state index in [2.05, 4.69) is 24.1 Å². The summed E-state index contributed by atoms with van der Waals surface area (Å²) in [6.07, 6.45) is 0. The van der Waals surface area contributed by atoms with E-state index in [1.807, 2.05) is 18.2 Å². The lowest BCUT2D eigenvalue weighted by Crippen LogP contribution is -2.51. The highest BCUT2D eigenvalue weighted by Crippen LogP contribution is 2.41. The Morgan fingerprint density at radius 1 is 1.50 bits per heavy atom. The summed E-state index contributed by atoms with van der Waals surface area (Å²) in [6.45, 7) is 6.07. The fourth-order valence-corrected chi connectivity index (χ4v) is 2.78. The predicted molar refractivity (Wildman–Crippen MR) is 65.3 cm³/mol. The molecule has 0 spiro atoms. The minimum atomic E-state index is -0.0339. The third-order valence-corrected chi connectivity index (χ3v) is 3.58. The minimum Gasteiger partial charge on any atom is -0.489 e. The van der Waals surface area contributed by atoms with Crippen LogP contribution in [0.5, 0.6) is 5.75 Å². The van der Waals surface area contributed by atoms with Crippen molar-refractivity contribution in [2.24, 2.45) is 0 Å². The SMILES string of the molecule is CC1(C)NCC2COc3ccc(Cl)cc3N21. The number of nitrogens with zero attached hydrogens (tertiary/aromatic N) is 1. The summed E-state index contributed by atoms with van der Waals surface area (Å²) in [7, 11) is 0. The van der Waals surface area contributed by atoms with Gasteiger partial charge in [0, 0.05) is 11.6 Å². The van der Waals surface area contributed by atoms with Crippen LogP contribution in [0.4, 0.5) is 5.69 Å². The molecule has 2 aliphatic rings. The predicted octanol–water partition coefficient (Wildman–Crippen LogP) is 2.25. The van der Waals surface area contributed by atoms with Crippen LogP contribution in [-0.2, 0) is 0 Å². The molecule has 0 amide bonds. The lowest BCUT2D eigenvalue weighted by Gasteiger charge is -2.40. The minimum absolute atomic E-state index is 0.0339. The molecule has 0 aliphatic carbocycles. The number of nitrogens with one attached hydrogen (secondary N) is 1. The van der Waals surface area contributed by atoms with Crippen molar-refractivity contribution in [3.63, 3.8) is 0 Å². The average Bonchev–Trinajstić information content (AvgIpc) is 2.55. The highest BCUT2D eigenvalue weighted by molar-refractivity contribution is 6.31. The molecule has 0 bridgehead atoms. The average molecular weight is 239 g/mol. The smallest absolute Gasteiger partial charge is 0.142 e. The summed E-state index contributed by atoms with van der Waals surface area (Å²) in [6, 6.07) is 6.21. The van der Waals surface area contributed by atoms with Gasteiger partial charge in [-0.2, -0.15) is 0 Å². The van der Waals surface area contributed by atoms with Crippen LogP contribution in [-0.4, -0.2) is 24.9 Å². The Morgan fingerprint density at radius 3 is 3.12 bits per heavy atom. The fourth-order valence-electron chi connectivity index (χ4n) is 2.62.